The Morgan fingerprint density at radius 3 is 1.70 bits per heavy atom. The lowest BCUT2D eigenvalue weighted by atomic mass is 10.2. The third-order valence-corrected chi connectivity index (χ3v) is 1.44. The normalized spacial score (nSPS) is 8.70. The minimum Gasteiger partial charge on any atom is -0.344 e. The van der Waals surface area contributed by atoms with Crippen LogP contribution in [-0.4, -0.2) is 0 Å². The van der Waals surface area contributed by atoms with Crippen LogP contribution in [0.25, 0.3) is 0 Å². The maximum atomic E-state index is 5.67. The predicted octanol–water partition coefficient (Wildman–Crippen LogP) is 3.46. The quantitative estimate of drug-likeness (QED) is 0.648. The highest BCUT2D eigenvalue weighted by molar-refractivity contribution is 6.34. The molecule has 1 nitrogen and oxygen atoms in total. The summed E-state index contributed by atoms with van der Waals surface area (Å²) in [7, 11) is 0. The van der Waals surface area contributed by atoms with Gasteiger partial charge in [-0.05, 0) is 30.7 Å². The molecule has 0 heterocycles. The van der Waals surface area contributed by atoms with Crippen molar-refractivity contribution >= 4 is 23.2 Å². The topological polar surface area (TPSA) is 35.0 Å². The van der Waals surface area contributed by atoms with Crippen molar-refractivity contribution in [2.75, 3.05) is 0 Å². The van der Waals surface area contributed by atoms with E-state index < -0.39 is 0 Å². The molecule has 10 heavy (non-hydrogen) atoms. The van der Waals surface area contributed by atoms with Crippen molar-refractivity contribution in [2.45, 2.75) is 6.92 Å². The van der Waals surface area contributed by atoms with Crippen LogP contribution >= 0.6 is 23.2 Å². The molecule has 0 aliphatic carbocycles. The Morgan fingerprint density at radius 2 is 1.40 bits per heavy atom. The first kappa shape index (κ1) is 9.76. The van der Waals surface area contributed by atoms with E-state index in [2.05, 4.69) is 0 Å². The number of hydrogen-bond donors (Lipinski definition) is 1. The Hall–Kier alpha value is -0.240. The van der Waals surface area contributed by atoms with Crippen LogP contribution in [0.1, 0.15) is 5.56 Å². The lowest BCUT2D eigenvalue weighted by Gasteiger charge is -1.93. The molecule has 0 saturated heterocycles. The number of benzene rings is 1. The fraction of sp³-hybridized carbons (Fsp3) is 0.143. The van der Waals surface area contributed by atoms with Gasteiger partial charge < -0.3 is 6.15 Å². The summed E-state index contributed by atoms with van der Waals surface area (Å²) in [5.74, 6) is 0. The van der Waals surface area contributed by atoms with Crippen LogP contribution in [0.2, 0.25) is 10.0 Å². The Kier molecular flexibility index (Phi) is 3.72. The Morgan fingerprint density at radius 1 is 1.00 bits per heavy atom. The van der Waals surface area contributed by atoms with E-state index in [0.29, 0.717) is 10.0 Å². The van der Waals surface area contributed by atoms with Crippen molar-refractivity contribution in [2.24, 2.45) is 0 Å². The first-order valence-electron chi connectivity index (χ1n) is 2.61. The third-order valence-electron chi connectivity index (χ3n) is 1.01. The molecule has 0 spiro atoms. The standard InChI is InChI=1S/C7H6Cl2.H3N/c1-5-2-6(8)4-7(9)3-5;/h2-4H,1H3;1H3. The molecule has 0 radical (unpaired) electrons. The summed E-state index contributed by atoms with van der Waals surface area (Å²) >= 11 is 11.3. The zero-order valence-electron chi connectivity index (χ0n) is 5.70. The van der Waals surface area contributed by atoms with Crippen LogP contribution in [0.3, 0.4) is 0 Å². The van der Waals surface area contributed by atoms with E-state index in [0.717, 1.165) is 5.56 Å². The number of aryl methyl sites for hydroxylation is 1. The van der Waals surface area contributed by atoms with Crippen LogP contribution in [0.5, 0.6) is 0 Å². The lowest BCUT2D eigenvalue weighted by molar-refractivity contribution is 1.47. The van der Waals surface area contributed by atoms with Crippen LogP contribution in [0.15, 0.2) is 18.2 Å². The van der Waals surface area contributed by atoms with Gasteiger partial charge in [-0.15, -0.1) is 0 Å². The van der Waals surface area contributed by atoms with Gasteiger partial charge in [0, 0.05) is 10.0 Å². The average Bonchev–Trinajstić information content (AvgIpc) is 1.59. The van der Waals surface area contributed by atoms with Gasteiger partial charge in [0.25, 0.3) is 0 Å². The SMILES string of the molecule is Cc1cc(Cl)cc(Cl)c1.N. The van der Waals surface area contributed by atoms with E-state index in [1.807, 2.05) is 19.1 Å². The summed E-state index contributed by atoms with van der Waals surface area (Å²) in [6.45, 7) is 1.96. The smallest absolute Gasteiger partial charge is 0.0423 e. The monoisotopic (exact) mass is 177 g/mol. The van der Waals surface area contributed by atoms with Crippen molar-refractivity contribution < 1.29 is 0 Å². The second kappa shape index (κ2) is 3.81. The molecule has 0 aliphatic heterocycles. The van der Waals surface area contributed by atoms with Crippen LogP contribution in [0, 0.1) is 6.92 Å². The van der Waals surface area contributed by atoms with E-state index in [-0.39, 0.29) is 6.15 Å². The van der Waals surface area contributed by atoms with E-state index in [4.69, 9.17) is 23.2 Å². The second-order valence-electron chi connectivity index (χ2n) is 1.95. The maximum Gasteiger partial charge on any atom is 0.0423 e. The summed E-state index contributed by atoms with van der Waals surface area (Å²) < 4.78 is 0. The summed E-state index contributed by atoms with van der Waals surface area (Å²) in [5, 5.41) is 1.39. The molecule has 1 aromatic carbocycles. The largest absolute Gasteiger partial charge is 0.344 e. The molecule has 0 saturated carbocycles. The molecule has 0 atom stereocenters. The highest BCUT2D eigenvalue weighted by Crippen LogP contribution is 2.17. The van der Waals surface area contributed by atoms with Crippen molar-refractivity contribution in [3.8, 4) is 0 Å². The number of rotatable bonds is 0. The molecule has 56 valence electrons. The molecular formula is C7H9Cl2N. The zero-order valence-corrected chi connectivity index (χ0v) is 7.21. The Bertz CT molecular complexity index is 172. The Balaban J connectivity index is 0.000000810. The summed E-state index contributed by atoms with van der Waals surface area (Å²) in [6, 6.07) is 5.46. The molecule has 3 heteroatoms. The van der Waals surface area contributed by atoms with Gasteiger partial charge in [-0.1, -0.05) is 23.2 Å². The maximum absolute atomic E-state index is 5.67. The number of hydrogen-bond acceptors (Lipinski definition) is 1. The summed E-state index contributed by atoms with van der Waals surface area (Å²) in [4.78, 5) is 0. The van der Waals surface area contributed by atoms with Crippen LogP contribution in [-0.2, 0) is 0 Å². The lowest BCUT2D eigenvalue weighted by Crippen LogP contribution is -1.70. The summed E-state index contributed by atoms with van der Waals surface area (Å²) in [6.07, 6.45) is 0. The van der Waals surface area contributed by atoms with Gasteiger partial charge in [0.15, 0.2) is 0 Å². The first-order chi connectivity index (χ1) is 4.18. The van der Waals surface area contributed by atoms with E-state index in [1.54, 1.807) is 6.07 Å². The van der Waals surface area contributed by atoms with Gasteiger partial charge in [0.05, 0.1) is 0 Å². The molecule has 0 unspecified atom stereocenters. The summed E-state index contributed by atoms with van der Waals surface area (Å²) in [5.41, 5.74) is 1.09. The molecule has 0 aromatic heterocycles. The van der Waals surface area contributed by atoms with Gasteiger partial charge in [0.1, 0.15) is 0 Å². The van der Waals surface area contributed by atoms with Crippen LogP contribution in [0.4, 0.5) is 0 Å². The molecule has 3 N–H and O–H groups in total. The van der Waals surface area contributed by atoms with Gasteiger partial charge in [-0.3, -0.25) is 0 Å². The Labute approximate surface area is 70.5 Å². The molecule has 1 aromatic rings. The van der Waals surface area contributed by atoms with Crippen LogP contribution < -0.4 is 6.15 Å². The first-order valence-corrected chi connectivity index (χ1v) is 3.37. The van der Waals surface area contributed by atoms with Gasteiger partial charge in [0.2, 0.25) is 0 Å². The third kappa shape index (κ3) is 2.56. The molecule has 0 bridgehead atoms. The number of halogens is 2. The molecule has 0 amide bonds. The highest BCUT2D eigenvalue weighted by Gasteiger charge is 1.90. The van der Waals surface area contributed by atoms with Gasteiger partial charge in [-0.25, -0.2) is 0 Å². The van der Waals surface area contributed by atoms with E-state index >= 15 is 0 Å². The minimum absolute atomic E-state index is 0. The molecular weight excluding hydrogens is 169 g/mol. The van der Waals surface area contributed by atoms with E-state index in [9.17, 15) is 0 Å². The second-order valence-corrected chi connectivity index (χ2v) is 2.82. The minimum atomic E-state index is 0. The van der Waals surface area contributed by atoms with E-state index in [1.165, 1.54) is 0 Å². The van der Waals surface area contributed by atoms with Crippen molar-refractivity contribution in [3.63, 3.8) is 0 Å². The predicted molar refractivity (Wildman–Crippen MR) is 46.2 cm³/mol. The molecule has 0 fully saturated rings. The highest BCUT2D eigenvalue weighted by atomic mass is 35.5. The molecule has 1 rings (SSSR count). The fourth-order valence-electron chi connectivity index (χ4n) is 0.692. The van der Waals surface area contributed by atoms with Gasteiger partial charge in [-0.2, -0.15) is 0 Å². The van der Waals surface area contributed by atoms with Crippen molar-refractivity contribution in [1.82, 2.24) is 6.15 Å². The molecule has 0 aliphatic rings. The van der Waals surface area contributed by atoms with Crippen molar-refractivity contribution in [3.05, 3.63) is 33.8 Å². The van der Waals surface area contributed by atoms with Gasteiger partial charge >= 0.3 is 0 Å². The van der Waals surface area contributed by atoms with Crippen molar-refractivity contribution in [1.29, 1.82) is 0 Å². The average molecular weight is 178 g/mol. The zero-order chi connectivity index (χ0) is 6.85. The fourth-order valence-corrected chi connectivity index (χ4v) is 1.33.